The van der Waals surface area contributed by atoms with Gasteiger partial charge in [0.1, 0.15) is 0 Å². The Balaban J connectivity index is 3.09. The first-order valence-electron chi connectivity index (χ1n) is 5.88. The molecule has 1 aromatic rings. The summed E-state index contributed by atoms with van der Waals surface area (Å²) < 4.78 is 26.8. The molecule has 0 saturated carbocycles. The predicted octanol–water partition coefficient (Wildman–Crippen LogP) is 1.60. The number of amides is 1. The van der Waals surface area contributed by atoms with Crippen molar-refractivity contribution in [3.05, 3.63) is 28.7 Å². The molecule has 0 atom stereocenters. The van der Waals surface area contributed by atoms with E-state index in [1.165, 1.54) is 23.5 Å². The molecule has 19 heavy (non-hydrogen) atoms. The van der Waals surface area contributed by atoms with Crippen molar-refractivity contribution in [2.45, 2.75) is 18.2 Å². The van der Waals surface area contributed by atoms with Crippen LogP contribution in [0.2, 0.25) is 0 Å². The summed E-state index contributed by atoms with van der Waals surface area (Å²) in [5.74, 6) is -0.327. The zero-order chi connectivity index (χ0) is 14.5. The molecule has 1 rings (SSSR count). The second kappa shape index (κ2) is 7.02. The van der Waals surface area contributed by atoms with Crippen molar-refractivity contribution in [2.24, 2.45) is 0 Å². The minimum atomic E-state index is -3.65. The highest BCUT2D eigenvalue weighted by molar-refractivity contribution is 9.10. The molecule has 0 spiro atoms. The summed E-state index contributed by atoms with van der Waals surface area (Å²) >= 11 is 3.24. The fraction of sp³-hybridized carbons (Fsp3) is 0.417. The highest BCUT2D eigenvalue weighted by Gasteiger charge is 2.25. The fourth-order valence-electron chi connectivity index (χ4n) is 1.55. The van der Waals surface area contributed by atoms with Crippen molar-refractivity contribution >= 4 is 31.9 Å². The lowest BCUT2D eigenvalue weighted by atomic mass is 10.4. The monoisotopic (exact) mass is 348 g/mol. The Kier molecular flexibility index (Phi) is 5.96. The van der Waals surface area contributed by atoms with Gasteiger partial charge in [0.15, 0.2) is 0 Å². The van der Waals surface area contributed by atoms with Crippen molar-refractivity contribution in [2.75, 3.05) is 20.1 Å². The van der Waals surface area contributed by atoms with Crippen molar-refractivity contribution in [1.82, 2.24) is 9.62 Å². The Morgan fingerprint density at radius 3 is 2.63 bits per heavy atom. The van der Waals surface area contributed by atoms with Crippen LogP contribution in [0, 0.1) is 0 Å². The van der Waals surface area contributed by atoms with Gasteiger partial charge >= 0.3 is 0 Å². The maximum absolute atomic E-state index is 12.5. The molecule has 1 aromatic carbocycles. The first kappa shape index (κ1) is 16.1. The molecule has 0 aliphatic carbocycles. The third-order valence-corrected chi connectivity index (χ3v) is 4.84. The summed E-state index contributed by atoms with van der Waals surface area (Å²) in [6.07, 6.45) is 0.643. The third kappa shape index (κ3) is 4.29. The number of likely N-dealkylation sites (N-methyl/N-ethyl adjacent to an activating group) is 1. The molecular weight excluding hydrogens is 332 g/mol. The Labute approximate surface area is 122 Å². The number of sulfonamides is 1. The van der Waals surface area contributed by atoms with Crippen LogP contribution in [0.4, 0.5) is 0 Å². The van der Waals surface area contributed by atoms with Crippen LogP contribution >= 0.6 is 15.9 Å². The molecule has 106 valence electrons. The SMILES string of the molecule is CCCN(CC(=O)NC)S(=O)(=O)c1cccc(Br)c1. The van der Waals surface area contributed by atoms with E-state index in [0.717, 1.165) is 0 Å². The molecule has 0 unspecified atom stereocenters. The van der Waals surface area contributed by atoms with Gasteiger partial charge in [-0.25, -0.2) is 8.42 Å². The first-order chi connectivity index (χ1) is 8.91. The van der Waals surface area contributed by atoms with Gasteiger partial charge in [0.2, 0.25) is 15.9 Å². The van der Waals surface area contributed by atoms with Crippen LogP contribution in [-0.2, 0) is 14.8 Å². The molecule has 1 N–H and O–H groups in total. The summed E-state index contributed by atoms with van der Waals surface area (Å²) in [5, 5.41) is 2.43. The van der Waals surface area contributed by atoms with Gasteiger partial charge in [-0.1, -0.05) is 28.9 Å². The van der Waals surface area contributed by atoms with E-state index in [9.17, 15) is 13.2 Å². The van der Waals surface area contributed by atoms with E-state index in [1.807, 2.05) is 6.92 Å². The Morgan fingerprint density at radius 1 is 1.42 bits per heavy atom. The Bertz CT molecular complexity index is 546. The van der Waals surface area contributed by atoms with E-state index >= 15 is 0 Å². The zero-order valence-corrected chi connectivity index (χ0v) is 13.3. The number of halogens is 1. The summed E-state index contributed by atoms with van der Waals surface area (Å²) in [7, 11) is -2.16. The zero-order valence-electron chi connectivity index (χ0n) is 10.9. The van der Waals surface area contributed by atoms with Gasteiger partial charge in [-0.05, 0) is 24.6 Å². The minimum absolute atomic E-state index is 0.167. The maximum atomic E-state index is 12.5. The molecule has 1 amide bonds. The smallest absolute Gasteiger partial charge is 0.243 e. The van der Waals surface area contributed by atoms with E-state index in [4.69, 9.17) is 0 Å². The Hall–Kier alpha value is -0.920. The van der Waals surface area contributed by atoms with Crippen LogP contribution < -0.4 is 5.32 Å². The summed E-state index contributed by atoms with van der Waals surface area (Å²) in [4.78, 5) is 11.6. The molecule has 0 aliphatic heterocycles. The molecule has 0 heterocycles. The normalized spacial score (nSPS) is 11.6. The molecule has 0 saturated heterocycles. The number of hydrogen-bond acceptors (Lipinski definition) is 3. The van der Waals surface area contributed by atoms with E-state index in [2.05, 4.69) is 21.2 Å². The molecule has 0 aromatic heterocycles. The van der Waals surface area contributed by atoms with Crippen molar-refractivity contribution in [3.8, 4) is 0 Å². The quantitative estimate of drug-likeness (QED) is 0.848. The summed E-state index contributed by atoms with van der Waals surface area (Å²) in [6, 6.07) is 6.46. The molecule has 0 aliphatic rings. The molecular formula is C12H17BrN2O3S. The lowest BCUT2D eigenvalue weighted by molar-refractivity contribution is -0.120. The van der Waals surface area contributed by atoms with Crippen molar-refractivity contribution in [3.63, 3.8) is 0 Å². The average molecular weight is 349 g/mol. The second-order valence-electron chi connectivity index (χ2n) is 3.97. The highest BCUT2D eigenvalue weighted by atomic mass is 79.9. The maximum Gasteiger partial charge on any atom is 0.243 e. The van der Waals surface area contributed by atoms with Crippen molar-refractivity contribution < 1.29 is 13.2 Å². The molecule has 5 nitrogen and oxygen atoms in total. The third-order valence-electron chi connectivity index (χ3n) is 2.51. The summed E-state index contributed by atoms with van der Waals surface area (Å²) in [5.41, 5.74) is 0. The number of benzene rings is 1. The number of nitrogens with one attached hydrogen (secondary N) is 1. The highest BCUT2D eigenvalue weighted by Crippen LogP contribution is 2.20. The topological polar surface area (TPSA) is 66.5 Å². The fourth-order valence-corrected chi connectivity index (χ4v) is 3.63. The van der Waals surface area contributed by atoms with E-state index in [-0.39, 0.29) is 17.3 Å². The van der Waals surface area contributed by atoms with Gasteiger partial charge < -0.3 is 5.32 Å². The Morgan fingerprint density at radius 2 is 2.11 bits per heavy atom. The van der Waals surface area contributed by atoms with Gasteiger partial charge in [0, 0.05) is 18.1 Å². The number of nitrogens with zero attached hydrogens (tertiary/aromatic N) is 1. The van der Waals surface area contributed by atoms with Gasteiger partial charge in [-0.3, -0.25) is 4.79 Å². The largest absolute Gasteiger partial charge is 0.358 e. The summed E-state index contributed by atoms with van der Waals surface area (Å²) in [6.45, 7) is 2.01. The van der Waals surface area contributed by atoms with Crippen LogP contribution in [0.3, 0.4) is 0 Å². The van der Waals surface area contributed by atoms with Gasteiger partial charge in [-0.2, -0.15) is 4.31 Å². The van der Waals surface area contributed by atoms with Crippen LogP contribution in [-0.4, -0.2) is 38.8 Å². The van der Waals surface area contributed by atoms with E-state index in [0.29, 0.717) is 17.4 Å². The number of rotatable bonds is 6. The van der Waals surface area contributed by atoms with Gasteiger partial charge in [-0.15, -0.1) is 0 Å². The predicted molar refractivity (Wildman–Crippen MR) is 77.3 cm³/mol. The number of carbonyl (C=O) groups is 1. The van der Waals surface area contributed by atoms with Gasteiger partial charge in [0.05, 0.1) is 11.4 Å². The van der Waals surface area contributed by atoms with E-state index < -0.39 is 10.0 Å². The molecule has 0 bridgehead atoms. The van der Waals surface area contributed by atoms with Crippen LogP contribution in [0.25, 0.3) is 0 Å². The molecule has 0 radical (unpaired) electrons. The lowest BCUT2D eigenvalue weighted by Crippen LogP contribution is -2.40. The van der Waals surface area contributed by atoms with Gasteiger partial charge in [0.25, 0.3) is 0 Å². The van der Waals surface area contributed by atoms with E-state index in [1.54, 1.807) is 12.1 Å². The van der Waals surface area contributed by atoms with Crippen LogP contribution in [0.5, 0.6) is 0 Å². The van der Waals surface area contributed by atoms with Crippen LogP contribution in [0.1, 0.15) is 13.3 Å². The molecule has 7 heteroatoms. The molecule has 0 fully saturated rings. The minimum Gasteiger partial charge on any atom is -0.358 e. The second-order valence-corrected chi connectivity index (χ2v) is 6.82. The first-order valence-corrected chi connectivity index (χ1v) is 8.11. The standard InChI is InChI=1S/C12H17BrN2O3S/c1-3-7-15(9-12(16)14-2)19(17,18)11-6-4-5-10(13)8-11/h4-6,8H,3,7,9H2,1-2H3,(H,14,16). The number of carbonyl (C=O) groups excluding carboxylic acids is 1. The van der Waals surface area contributed by atoms with Crippen LogP contribution in [0.15, 0.2) is 33.6 Å². The average Bonchev–Trinajstić information content (AvgIpc) is 2.38. The lowest BCUT2D eigenvalue weighted by Gasteiger charge is -2.20. The van der Waals surface area contributed by atoms with Crippen molar-refractivity contribution in [1.29, 1.82) is 0 Å². The number of hydrogen-bond donors (Lipinski definition) is 1.